The molecule has 208 valence electrons. The number of pyridine rings is 2. The van der Waals surface area contributed by atoms with Gasteiger partial charge in [-0.3, -0.25) is 4.98 Å². The molecule has 1 N–H and O–H groups in total. The Balaban J connectivity index is 1.39. The van der Waals surface area contributed by atoms with E-state index in [0.29, 0.717) is 5.92 Å². The van der Waals surface area contributed by atoms with Crippen molar-refractivity contribution < 1.29 is 0 Å². The average molecular weight is 548 g/mol. The molecule has 1 aliphatic rings. The third-order valence-corrected chi connectivity index (χ3v) is 8.22. The van der Waals surface area contributed by atoms with Gasteiger partial charge >= 0.3 is 0 Å². The fourth-order valence-corrected chi connectivity index (χ4v) is 5.70. The second-order valence-electron chi connectivity index (χ2n) is 11.4. The van der Waals surface area contributed by atoms with Gasteiger partial charge in [-0.05, 0) is 90.1 Å². The van der Waals surface area contributed by atoms with Crippen molar-refractivity contribution in [1.82, 2.24) is 15.3 Å². The molecule has 42 heavy (non-hydrogen) atoms. The molecule has 6 rings (SSSR count). The van der Waals surface area contributed by atoms with Gasteiger partial charge in [-0.15, -0.1) is 0 Å². The highest BCUT2D eigenvalue weighted by atomic mass is 14.9. The predicted octanol–water partition coefficient (Wildman–Crippen LogP) is 8.28. The molecule has 0 amide bonds. The highest BCUT2D eigenvalue weighted by Crippen LogP contribution is 2.34. The van der Waals surface area contributed by atoms with Crippen molar-refractivity contribution >= 4 is 27.9 Å². The van der Waals surface area contributed by atoms with Crippen LogP contribution in [0.4, 0.5) is 0 Å². The van der Waals surface area contributed by atoms with Crippen molar-refractivity contribution in [1.29, 1.82) is 0 Å². The van der Waals surface area contributed by atoms with Crippen LogP contribution < -0.4 is 15.8 Å². The van der Waals surface area contributed by atoms with Crippen molar-refractivity contribution in [2.75, 3.05) is 0 Å². The lowest BCUT2D eigenvalue weighted by Gasteiger charge is -2.16. The molecule has 0 saturated carbocycles. The van der Waals surface area contributed by atoms with Crippen LogP contribution in [0.25, 0.3) is 50.1 Å². The molecule has 1 aliphatic heterocycles. The molecule has 2 aromatic heterocycles. The third kappa shape index (κ3) is 5.31. The Morgan fingerprint density at radius 3 is 2.48 bits per heavy atom. The summed E-state index contributed by atoms with van der Waals surface area (Å²) >= 11 is 0. The van der Waals surface area contributed by atoms with Gasteiger partial charge in [0.25, 0.3) is 0 Å². The molecule has 0 fully saturated rings. The molecular weight excluding hydrogens is 510 g/mol. The van der Waals surface area contributed by atoms with E-state index in [0.717, 1.165) is 45.7 Å². The van der Waals surface area contributed by atoms with Crippen molar-refractivity contribution in [2.24, 2.45) is 0 Å². The SMILES string of the molecule is CCC(C)=c1cccc/c1=C1\C=CC=C(c2ccc3ccc(-c4ccc(C)c(-c5cccnc5C(C)C)c4)cc3n2)N1. The number of fused-ring (bicyclic) bond motifs is 1. The van der Waals surface area contributed by atoms with Crippen molar-refractivity contribution in [2.45, 2.75) is 47.0 Å². The maximum Gasteiger partial charge on any atom is 0.0872 e. The van der Waals surface area contributed by atoms with E-state index in [1.807, 2.05) is 12.3 Å². The normalized spacial score (nSPS) is 15.0. The molecule has 3 heterocycles. The first-order chi connectivity index (χ1) is 20.4. The monoisotopic (exact) mass is 547 g/mol. The quantitative estimate of drug-likeness (QED) is 0.241. The van der Waals surface area contributed by atoms with Crippen LogP contribution in [-0.2, 0) is 0 Å². The number of aryl methyl sites for hydroxylation is 1. The molecule has 0 spiro atoms. The largest absolute Gasteiger partial charge is 0.353 e. The summed E-state index contributed by atoms with van der Waals surface area (Å²) < 4.78 is 0. The third-order valence-electron chi connectivity index (χ3n) is 8.22. The molecule has 3 aromatic carbocycles. The Bertz CT molecular complexity index is 1990. The molecule has 0 atom stereocenters. The summed E-state index contributed by atoms with van der Waals surface area (Å²) in [6.45, 7) is 11.0. The molecule has 0 radical (unpaired) electrons. The first kappa shape index (κ1) is 27.4. The number of rotatable bonds is 5. The Hall–Kier alpha value is -4.76. The first-order valence-electron chi connectivity index (χ1n) is 14.8. The number of dihydropyridines is 1. The Morgan fingerprint density at radius 2 is 1.64 bits per heavy atom. The summed E-state index contributed by atoms with van der Waals surface area (Å²) in [5.74, 6) is 0.352. The maximum absolute atomic E-state index is 5.13. The topological polar surface area (TPSA) is 37.8 Å². The van der Waals surface area contributed by atoms with E-state index in [1.54, 1.807) is 0 Å². The summed E-state index contributed by atoms with van der Waals surface area (Å²) in [6.07, 6.45) is 9.27. The number of aromatic nitrogens is 2. The minimum atomic E-state index is 0.352. The van der Waals surface area contributed by atoms with Gasteiger partial charge in [-0.1, -0.05) is 93.1 Å². The van der Waals surface area contributed by atoms with E-state index in [-0.39, 0.29) is 0 Å². The zero-order valence-corrected chi connectivity index (χ0v) is 25.1. The van der Waals surface area contributed by atoms with E-state index in [1.165, 1.54) is 38.3 Å². The van der Waals surface area contributed by atoms with Gasteiger partial charge < -0.3 is 5.32 Å². The average Bonchev–Trinajstić information content (AvgIpc) is 3.04. The van der Waals surface area contributed by atoms with E-state index >= 15 is 0 Å². The molecule has 0 saturated heterocycles. The van der Waals surface area contributed by atoms with Gasteiger partial charge in [0, 0.05) is 28.1 Å². The number of hydrogen-bond donors (Lipinski definition) is 1. The van der Waals surface area contributed by atoms with Crippen molar-refractivity contribution in [3.8, 4) is 22.3 Å². The number of hydrogen-bond acceptors (Lipinski definition) is 3. The zero-order valence-electron chi connectivity index (χ0n) is 25.1. The maximum atomic E-state index is 5.13. The number of benzene rings is 3. The van der Waals surface area contributed by atoms with Crippen molar-refractivity contribution in [3.63, 3.8) is 0 Å². The number of nitrogens with one attached hydrogen (secondary N) is 1. The van der Waals surface area contributed by atoms with E-state index in [4.69, 9.17) is 9.97 Å². The van der Waals surface area contributed by atoms with Crippen LogP contribution in [-0.4, -0.2) is 9.97 Å². The van der Waals surface area contributed by atoms with Crippen LogP contribution in [0.1, 0.15) is 57.0 Å². The molecule has 3 nitrogen and oxygen atoms in total. The minimum absolute atomic E-state index is 0.352. The van der Waals surface area contributed by atoms with E-state index in [2.05, 4.69) is 137 Å². The summed E-state index contributed by atoms with van der Waals surface area (Å²) in [5, 5.41) is 7.30. The summed E-state index contributed by atoms with van der Waals surface area (Å²) in [4.78, 5) is 9.84. The smallest absolute Gasteiger partial charge is 0.0872 e. The molecular formula is C39H37N3. The number of allylic oxidation sites excluding steroid dienone is 2. The van der Waals surface area contributed by atoms with Gasteiger partial charge in [0.2, 0.25) is 0 Å². The van der Waals surface area contributed by atoms with Crippen LogP contribution in [0.15, 0.2) is 109 Å². The van der Waals surface area contributed by atoms with Gasteiger partial charge in [0.1, 0.15) is 0 Å². The van der Waals surface area contributed by atoms with Crippen LogP contribution >= 0.6 is 0 Å². The molecule has 0 unspecified atom stereocenters. The fourth-order valence-electron chi connectivity index (χ4n) is 5.70. The van der Waals surface area contributed by atoms with Gasteiger partial charge in [-0.25, -0.2) is 4.98 Å². The fraction of sp³-hybridized carbons (Fsp3) is 0.179. The molecule has 3 heteroatoms. The molecule has 0 aliphatic carbocycles. The van der Waals surface area contributed by atoms with Crippen molar-refractivity contribution in [3.05, 3.63) is 137 Å². The van der Waals surface area contributed by atoms with Crippen LogP contribution in [0.3, 0.4) is 0 Å². The van der Waals surface area contributed by atoms with E-state index in [9.17, 15) is 0 Å². The first-order valence-corrected chi connectivity index (χ1v) is 14.8. The van der Waals surface area contributed by atoms with Gasteiger partial charge in [0.05, 0.1) is 22.6 Å². The van der Waals surface area contributed by atoms with Crippen LogP contribution in [0.2, 0.25) is 0 Å². The highest BCUT2D eigenvalue weighted by Gasteiger charge is 2.14. The zero-order chi connectivity index (χ0) is 29.2. The Kier molecular flexibility index (Phi) is 7.58. The van der Waals surface area contributed by atoms with Crippen LogP contribution in [0, 0.1) is 6.92 Å². The highest BCUT2D eigenvalue weighted by molar-refractivity contribution is 5.88. The molecule has 5 aromatic rings. The Morgan fingerprint density at radius 1 is 0.857 bits per heavy atom. The van der Waals surface area contributed by atoms with Gasteiger partial charge in [0.15, 0.2) is 0 Å². The Labute approximate surface area is 248 Å². The van der Waals surface area contributed by atoms with Crippen LogP contribution in [0.5, 0.6) is 0 Å². The summed E-state index contributed by atoms with van der Waals surface area (Å²) in [7, 11) is 0. The minimum Gasteiger partial charge on any atom is -0.353 e. The lowest BCUT2D eigenvalue weighted by atomic mass is 9.91. The molecule has 0 bridgehead atoms. The second kappa shape index (κ2) is 11.6. The second-order valence-corrected chi connectivity index (χ2v) is 11.4. The van der Waals surface area contributed by atoms with E-state index < -0.39 is 0 Å². The lowest BCUT2D eigenvalue weighted by molar-refractivity contribution is 0.825. The lowest BCUT2D eigenvalue weighted by Crippen LogP contribution is -2.32. The van der Waals surface area contributed by atoms with Gasteiger partial charge in [-0.2, -0.15) is 0 Å². The summed E-state index contributed by atoms with van der Waals surface area (Å²) in [5.41, 5.74) is 12.5. The standard InChI is InChI=1S/C39H37N3/c1-6-26(4)31-11-7-8-12-32(31)35-14-9-15-36(41-35)37-21-20-28-18-19-30(24-38(28)42-37)29-17-16-27(5)34(23-29)33-13-10-22-40-39(33)25(2)3/h7-25,41H,6H2,1-5H3/b31-26?,35-32-. The predicted molar refractivity (Wildman–Crippen MR) is 178 cm³/mol. The number of nitrogens with zero attached hydrogens (tertiary/aromatic N) is 2. The summed E-state index contributed by atoms with van der Waals surface area (Å²) in [6, 6.07) is 30.4.